The Balaban J connectivity index is 1.42. The molecular formula is C36H48O4. The Morgan fingerprint density at radius 1 is 0.675 bits per heavy atom. The van der Waals surface area contributed by atoms with Crippen LogP contribution in [-0.2, 0) is 0 Å². The summed E-state index contributed by atoms with van der Waals surface area (Å²) in [5.74, 6) is 0.286. The smallest absolute Gasteiger partial charge is 0.164 e. The molecule has 3 aromatic carbocycles. The number of Topliss-reactive ketones (excluding diaryl/α,β-unsaturated/α-hetero) is 1. The van der Waals surface area contributed by atoms with Crippen molar-refractivity contribution in [3.05, 3.63) is 66.2 Å². The number of phenolic OH excluding ortho intramolecular Hbond substituents is 2. The lowest BCUT2D eigenvalue weighted by molar-refractivity contribution is 0.101. The molecule has 0 saturated carbocycles. The number of carbonyl (C=O) groups is 1. The molecule has 0 saturated heterocycles. The average molecular weight is 545 g/mol. The number of hydrogen-bond donors (Lipinski definition) is 2. The van der Waals surface area contributed by atoms with Crippen LogP contribution in [0.4, 0.5) is 0 Å². The molecule has 216 valence electrons. The van der Waals surface area contributed by atoms with E-state index >= 15 is 0 Å². The molecule has 0 aromatic heterocycles. The van der Waals surface area contributed by atoms with Crippen LogP contribution in [-0.4, -0.2) is 22.6 Å². The van der Waals surface area contributed by atoms with Gasteiger partial charge >= 0.3 is 0 Å². The SMILES string of the molecule is CCCCCCCCCCCCCCCCOc1ccc(-c2c(O)c(-c3ccccc3)cc(O)c2C(C)=O)cc1. The van der Waals surface area contributed by atoms with E-state index in [2.05, 4.69) is 6.92 Å². The summed E-state index contributed by atoms with van der Waals surface area (Å²) in [6.45, 7) is 4.34. The van der Waals surface area contributed by atoms with Crippen molar-refractivity contribution < 1.29 is 19.7 Å². The Morgan fingerprint density at radius 2 is 1.20 bits per heavy atom. The predicted molar refractivity (Wildman–Crippen MR) is 166 cm³/mol. The Labute approximate surface area is 241 Å². The van der Waals surface area contributed by atoms with Gasteiger partial charge in [-0.1, -0.05) is 133 Å². The minimum Gasteiger partial charge on any atom is -0.507 e. The van der Waals surface area contributed by atoms with Gasteiger partial charge < -0.3 is 14.9 Å². The van der Waals surface area contributed by atoms with Gasteiger partial charge in [-0.15, -0.1) is 0 Å². The van der Waals surface area contributed by atoms with E-state index in [0.29, 0.717) is 23.3 Å². The van der Waals surface area contributed by atoms with Crippen molar-refractivity contribution in [2.45, 2.75) is 104 Å². The molecule has 0 aliphatic carbocycles. The van der Waals surface area contributed by atoms with Crippen LogP contribution in [0.25, 0.3) is 22.3 Å². The van der Waals surface area contributed by atoms with Crippen LogP contribution in [0.3, 0.4) is 0 Å². The normalized spacial score (nSPS) is 11.1. The van der Waals surface area contributed by atoms with Crippen molar-refractivity contribution in [3.63, 3.8) is 0 Å². The van der Waals surface area contributed by atoms with E-state index in [0.717, 1.165) is 17.7 Å². The van der Waals surface area contributed by atoms with Gasteiger partial charge in [0.15, 0.2) is 5.78 Å². The van der Waals surface area contributed by atoms with E-state index < -0.39 is 0 Å². The van der Waals surface area contributed by atoms with Gasteiger partial charge in [-0.2, -0.15) is 0 Å². The second kappa shape index (κ2) is 17.4. The fourth-order valence-corrected chi connectivity index (χ4v) is 5.34. The van der Waals surface area contributed by atoms with Crippen molar-refractivity contribution >= 4 is 5.78 Å². The molecule has 0 aliphatic heterocycles. The largest absolute Gasteiger partial charge is 0.507 e. The molecule has 0 atom stereocenters. The zero-order valence-corrected chi connectivity index (χ0v) is 24.6. The monoisotopic (exact) mass is 544 g/mol. The van der Waals surface area contributed by atoms with E-state index in [-0.39, 0.29) is 22.8 Å². The van der Waals surface area contributed by atoms with Crippen molar-refractivity contribution in [3.8, 4) is 39.5 Å². The number of aromatic hydroxyl groups is 2. The Morgan fingerprint density at radius 3 is 1.73 bits per heavy atom. The molecule has 0 unspecified atom stereocenters. The second-order valence-electron chi connectivity index (χ2n) is 10.9. The summed E-state index contributed by atoms with van der Waals surface area (Å²) in [6, 6.07) is 18.2. The number of ether oxygens (including phenoxy) is 1. The Bertz CT molecular complexity index is 1150. The minimum absolute atomic E-state index is 0.0229. The van der Waals surface area contributed by atoms with E-state index in [1.54, 1.807) is 0 Å². The van der Waals surface area contributed by atoms with E-state index in [4.69, 9.17) is 4.74 Å². The third kappa shape index (κ3) is 9.73. The van der Waals surface area contributed by atoms with Gasteiger partial charge in [0.1, 0.15) is 17.2 Å². The molecule has 2 N–H and O–H groups in total. The third-order valence-electron chi connectivity index (χ3n) is 7.63. The number of rotatable bonds is 19. The Hall–Kier alpha value is -3.27. The van der Waals surface area contributed by atoms with E-state index in [9.17, 15) is 15.0 Å². The molecule has 40 heavy (non-hydrogen) atoms. The summed E-state index contributed by atoms with van der Waals surface area (Å²) in [5, 5.41) is 21.9. The van der Waals surface area contributed by atoms with Crippen molar-refractivity contribution in [2.75, 3.05) is 6.61 Å². The number of hydrogen-bond acceptors (Lipinski definition) is 4. The molecule has 0 spiro atoms. The number of phenols is 2. The standard InChI is InChI=1S/C36H48O4/c1-3-4-5-6-7-8-9-10-11-12-13-14-15-19-26-40-31-24-22-30(23-25-31)35-34(28(2)37)33(38)27-32(36(35)39)29-20-17-16-18-21-29/h16-18,20-25,27,38-39H,3-15,19,26H2,1-2H3. The van der Waals surface area contributed by atoms with Gasteiger partial charge in [-0.05, 0) is 42.7 Å². The molecule has 4 heteroatoms. The molecule has 0 heterocycles. The lowest BCUT2D eigenvalue weighted by Crippen LogP contribution is -2.00. The molecule has 4 nitrogen and oxygen atoms in total. The highest BCUT2D eigenvalue weighted by molar-refractivity contribution is 6.06. The maximum absolute atomic E-state index is 12.4. The highest BCUT2D eigenvalue weighted by Gasteiger charge is 2.22. The minimum atomic E-state index is -0.305. The Kier molecular flexibility index (Phi) is 13.6. The van der Waals surface area contributed by atoms with Gasteiger partial charge in [-0.3, -0.25) is 4.79 Å². The lowest BCUT2D eigenvalue weighted by Gasteiger charge is -2.16. The molecule has 0 radical (unpaired) electrons. The molecule has 0 aliphatic rings. The molecule has 0 fully saturated rings. The number of carbonyl (C=O) groups excluding carboxylic acids is 1. The number of unbranched alkanes of at least 4 members (excludes halogenated alkanes) is 13. The van der Waals surface area contributed by atoms with Crippen molar-refractivity contribution in [2.24, 2.45) is 0 Å². The summed E-state index contributed by atoms with van der Waals surface area (Å²) in [6.07, 6.45) is 18.6. The highest BCUT2D eigenvalue weighted by atomic mass is 16.5. The molecular weight excluding hydrogens is 496 g/mol. The maximum Gasteiger partial charge on any atom is 0.164 e. The van der Waals surface area contributed by atoms with Gasteiger partial charge in [0.25, 0.3) is 0 Å². The maximum atomic E-state index is 12.4. The van der Waals surface area contributed by atoms with Crippen molar-refractivity contribution in [1.29, 1.82) is 0 Å². The first kappa shape index (κ1) is 31.3. The first-order valence-electron chi connectivity index (χ1n) is 15.4. The fourth-order valence-electron chi connectivity index (χ4n) is 5.34. The quantitative estimate of drug-likeness (QED) is 0.0895. The fraction of sp³-hybridized carbons (Fsp3) is 0.472. The van der Waals surface area contributed by atoms with Crippen LogP contribution in [0.1, 0.15) is 114 Å². The first-order valence-corrected chi connectivity index (χ1v) is 15.4. The van der Waals surface area contributed by atoms with E-state index in [1.165, 1.54) is 96.5 Å². The second-order valence-corrected chi connectivity index (χ2v) is 10.9. The first-order chi connectivity index (χ1) is 19.5. The van der Waals surface area contributed by atoms with Crippen LogP contribution in [0.15, 0.2) is 60.7 Å². The van der Waals surface area contributed by atoms with Gasteiger partial charge in [0.05, 0.1) is 12.2 Å². The average Bonchev–Trinajstić information content (AvgIpc) is 2.96. The van der Waals surface area contributed by atoms with E-state index in [1.807, 2.05) is 54.6 Å². The summed E-state index contributed by atoms with van der Waals surface area (Å²) in [5.41, 5.74) is 2.36. The zero-order valence-electron chi connectivity index (χ0n) is 24.6. The highest BCUT2D eigenvalue weighted by Crippen LogP contribution is 2.45. The number of ketones is 1. The summed E-state index contributed by atoms with van der Waals surface area (Å²) in [7, 11) is 0. The van der Waals surface area contributed by atoms with Crippen LogP contribution in [0.2, 0.25) is 0 Å². The zero-order chi connectivity index (χ0) is 28.6. The summed E-state index contributed by atoms with van der Waals surface area (Å²) in [4.78, 5) is 12.4. The summed E-state index contributed by atoms with van der Waals surface area (Å²) >= 11 is 0. The molecule has 3 aromatic rings. The topological polar surface area (TPSA) is 66.8 Å². The van der Waals surface area contributed by atoms with Crippen LogP contribution >= 0.6 is 0 Å². The summed E-state index contributed by atoms with van der Waals surface area (Å²) < 4.78 is 5.95. The van der Waals surface area contributed by atoms with Crippen LogP contribution in [0.5, 0.6) is 17.2 Å². The third-order valence-corrected chi connectivity index (χ3v) is 7.63. The molecule has 3 rings (SSSR count). The van der Waals surface area contributed by atoms with Crippen LogP contribution in [0, 0.1) is 0 Å². The lowest BCUT2D eigenvalue weighted by atomic mass is 9.90. The van der Waals surface area contributed by atoms with Gasteiger partial charge in [-0.25, -0.2) is 0 Å². The molecule has 0 amide bonds. The number of benzene rings is 3. The predicted octanol–water partition coefficient (Wildman–Crippen LogP) is 10.5. The molecule has 0 bridgehead atoms. The van der Waals surface area contributed by atoms with Gasteiger partial charge in [0, 0.05) is 11.1 Å². The van der Waals surface area contributed by atoms with Gasteiger partial charge in [0.2, 0.25) is 0 Å². The van der Waals surface area contributed by atoms with Crippen LogP contribution < -0.4 is 4.74 Å². The van der Waals surface area contributed by atoms with Crippen molar-refractivity contribution in [1.82, 2.24) is 0 Å².